The second-order valence-corrected chi connectivity index (χ2v) is 6.44. The van der Waals surface area contributed by atoms with E-state index in [1.807, 2.05) is 26.0 Å². The molecule has 134 valence electrons. The zero-order chi connectivity index (χ0) is 18.1. The summed E-state index contributed by atoms with van der Waals surface area (Å²) in [6.07, 6.45) is 5.45. The summed E-state index contributed by atoms with van der Waals surface area (Å²) < 4.78 is 0. The summed E-state index contributed by atoms with van der Waals surface area (Å²) >= 11 is 0. The summed E-state index contributed by atoms with van der Waals surface area (Å²) in [5, 5.41) is 0. The molecule has 1 saturated heterocycles. The van der Waals surface area contributed by atoms with E-state index in [9.17, 15) is 4.79 Å². The van der Waals surface area contributed by atoms with Gasteiger partial charge in [-0.1, -0.05) is 50.2 Å². The number of carbonyl (C=O) groups is 1. The van der Waals surface area contributed by atoms with E-state index in [4.69, 9.17) is 0 Å². The molecule has 0 amide bonds. The van der Waals surface area contributed by atoms with Gasteiger partial charge >= 0.3 is 0 Å². The van der Waals surface area contributed by atoms with Gasteiger partial charge in [0, 0.05) is 12.1 Å². The molecule has 0 saturated carbocycles. The van der Waals surface area contributed by atoms with Crippen LogP contribution in [-0.4, -0.2) is 35.8 Å². The van der Waals surface area contributed by atoms with Crippen molar-refractivity contribution < 1.29 is 4.79 Å². The van der Waals surface area contributed by atoms with Crippen molar-refractivity contribution >= 4 is 5.78 Å². The van der Waals surface area contributed by atoms with Crippen LogP contribution in [0.5, 0.6) is 0 Å². The average molecular weight is 338 g/mol. The van der Waals surface area contributed by atoms with Crippen molar-refractivity contribution in [3.8, 4) is 0 Å². The van der Waals surface area contributed by atoms with Gasteiger partial charge in [-0.2, -0.15) is 0 Å². The highest BCUT2D eigenvalue weighted by molar-refractivity contribution is 5.97. The fraction of sp³-hybridized carbons (Fsp3) is 0.455. The third-order valence-corrected chi connectivity index (χ3v) is 4.74. The van der Waals surface area contributed by atoms with Crippen molar-refractivity contribution in [3.05, 3.63) is 65.5 Å². The Bertz CT molecular complexity index is 646. The molecule has 1 aromatic heterocycles. The number of carbonyl (C=O) groups excluding carboxylic acids is 1. The normalized spacial score (nSPS) is 15.3. The molecule has 1 aliphatic heterocycles. The predicted octanol–water partition coefficient (Wildman–Crippen LogP) is 4.42. The number of Topliss-reactive ketones (excluding diaryl/α,β-unsaturated/α-hetero) is 1. The van der Waals surface area contributed by atoms with E-state index in [1.165, 1.54) is 5.56 Å². The van der Waals surface area contributed by atoms with E-state index in [1.54, 1.807) is 6.20 Å². The number of benzene rings is 1. The number of ketones is 1. The number of hydrogen-bond acceptors (Lipinski definition) is 3. The van der Waals surface area contributed by atoms with Crippen molar-refractivity contribution in [2.75, 3.05) is 20.1 Å². The molecule has 3 heteroatoms. The number of aromatic nitrogens is 1. The number of rotatable bonds is 5. The van der Waals surface area contributed by atoms with Crippen LogP contribution in [0.3, 0.4) is 0 Å². The average Bonchev–Trinajstić information content (AvgIpc) is 2.69. The highest BCUT2D eigenvalue weighted by Crippen LogP contribution is 2.22. The number of piperidine rings is 1. The van der Waals surface area contributed by atoms with Crippen LogP contribution in [0.25, 0.3) is 0 Å². The zero-order valence-corrected chi connectivity index (χ0v) is 15.7. The minimum Gasteiger partial charge on any atom is -0.306 e. The lowest BCUT2D eigenvalue weighted by atomic mass is 9.88. The Morgan fingerprint density at radius 2 is 1.72 bits per heavy atom. The molecular formula is C22H30N2O. The Balaban J connectivity index is 0.00000109. The lowest BCUT2D eigenvalue weighted by Gasteiger charge is -2.28. The van der Waals surface area contributed by atoms with Gasteiger partial charge in [0.05, 0.1) is 0 Å². The summed E-state index contributed by atoms with van der Waals surface area (Å²) in [6.45, 7) is 6.01. The van der Waals surface area contributed by atoms with Crippen LogP contribution in [0, 0.1) is 5.92 Å². The van der Waals surface area contributed by atoms with E-state index in [0.717, 1.165) is 44.3 Å². The molecule has 0 radical (unpaired) electrons. The Morgan fingerprint density at radius 1 is 1.04 bits per heavy atom. The van der Waals surface area contributed by atoms with Gasteiger partial charge < -0.3 is 4.90 Å². The predicted molar refractivity (Wildman–Crippen MR) is 104 cm³/mol. The molecule has 0 bridgehead atoms. The molecular weight excluding hydrogens is 308 g/mol. The van der Waals surface area contributed by atoms with Gasteiger partial charge in [-0.25, -0.2) is 0 Å². The van der Waals surface area contributed by atoms with Crippen molar-refractivity contribution in [1.82, 2.24) is 9.88 Å². The van der Waals surface area contributed by atoms with Crippen molar-refractivity contribution in [2.24, 2.45) is 5.92 Å². The Hall–Kier alpha value is -2.00. The van der Waals surface area contributed by atoms with Gasteiger partial charge in [0.25, 0.3) is 0 Å². The monoisotopic (exact) mass is 338 g/mol. The topological polar surface area (TPSA) is 33.2 Å². The van der Waals surface area contributed by atoms with E-state index in [2.05, 4.69) is 47.3 Å². The van der Waals surface area contributed by atoms with Gasteiger partial charge in [-0.05, 0) is 63.0 Å². The first kappa shape index (κ1) is 19.3. The number of aryl methyl sites for hydroxylation is 2. The molecule has 0 N–H and O–H groups in total. The Kier molecular flexibility index (Phi) is 7.80. The summed E-state index contributed by atoms with van der Waals surface area (Å²) in [5.41, 5.74) is 3.08. The number of nitrogens with zero attached hydrogens (tertiary/aromatic N) is 2. The SMILES string of the molecule is CC.CN1CCC(C(=O)c2ncccc2CCc2ccccc2)CC1. The molecule has 0 atom stereocenters. The lowest BCUT2D eigenvalue weighted by Crippen LogP contribution is -2.34. The second-order valence-electron chi connectivity index (χ2n) is 6.44. The van der Waals surface area contributed by atoms with Crippen LogP contribution in [0.4, 0.5) is 0 Å². The highest BCUT2D eigenvalue weighted by atomic mass is 16.1. The largest absolute Gasteiger partial charge is 0.306 e. The molecule has 25 heavy (non-hydrogen) atoms. The van der Waals surface area contributed by atoms with Gasteiger partial charge in [-0.15, -0.1) is 0 Å². The third kappa shape index (κ3) is 5.50. The summed E-state index contributed by atoms with van der Waals surface area (Å²) in [7, 11) is 2.12. The molecule has 1 aliphatic rings. The van der Waals surface area contributed by atoms with Crippen LogP contribution in [0.15, 0.2) is 48.7 Å². The standard InChI is InChI=1S/C20H24N2O.C2H6/c1-22-14-11-18(12-15-22)20(23)19-17(8-5-13-21-19)10-9-16-6-3-2-4-7-16;1-2/h2-8,13,18H,9-12,14-15H2,1H3;1-2H3. The van der Waals surface area contributed by atoms with E-state index in [-0.39, 0.29) is 11.7 Å². The second kappa shape index (κ2) is 10.1. The maximum Gasteiger partial charge on any atom is 0.184 e. The minimum atomic E-state index is 0.136. The first-order valence-corrected chi connectivity index (χ1v) is 9.44. The van der Waals surface area contributed by atoms with Crippen molar-refractivity contribution in [2.45, 2.75) is 39.5 Å². The van der Waals surface area contributed by atoms with Gasteiger partial charge in [0.1, 0.15) is 5.69 Å². The molecule has 1 fully saturated rings. The maximum absolute atomic E-state index is 12.9. The Morgan fingerprint density at radius 3 is 2.40 bits per heavy atom. The van der Waals surface area contributed by atoms with Gasteiger partial charge in [0.2, 0.25) is 0 Å². The number of pyridine rings is 1. The molecule has 0 spiro atoms. The fourth-order valence-corrected chi connectivity index (χ4v) is 3.25. The molecule has 0 unspecified atom stereocenters. The zero-order valence-electron chi connectivity index (χ0n) is 15.7. The quantitative estimate of drug-likeness (QED) is 0.757. The first-order valence-electron chi connectivity index (χ1n) is 9.44. The molecule has 0 aliphatic carbocycles. The van der Waals surface area contributed by atoms with Crippen LogP contribution in [0.2, 0.25) is 0 Å². The number of likely N-dealkylation sites (tertiary alicyclic amines) is 1. The van der Waals surface area contributed by atoms with E-state index in [0.29, 0.717) is 5.69 Å². The molecule has 2 aromatic rings. The van der Waals surface area contributed by atoms with Crippen LogP contribution in [-0.2, 0) is 12.8 Å². The van der Waals surface area contributed by atoms with Crippen molar-refractivity contribution in [3.63, 3.8) is 0 Å². The summed E-state index contributed by atoms with van der Waals surface area (Å²) in [5.74, 6) is 0.373. The summed E-state index contributed by atoms with van der Waals surface area (Å²) in [4.78, 5) is 19.6. The lowest BCUT2D eigenvalue weighted by molar-refractivity contribution is 0.0850. The molecule has 3 nitrogen and oxygen atoms in total. The summed E-state index contributed by atoms with van der Waals surface area (Å²) in [6, 6.07) is 14.4. The molecule has 1 aromatic carbocycles. The van der Waals surface area contributed by atoms with Crippen LogP contribution in [0.1, 0.15) is 48.3 Å². The highest BCUT2D eigenvalue weighted by Gasteiger charge is 2.26. The fourth-order valence-electron chi connectivity index (χ4n) is 3.25. The van der Waals surface area contributed by atoms with Crippen LogP contribution < -0.4 is 0 Å². The van der Waals surface area contributed by atoms with Crippen LogP contribution >= 0.6 is 0 Å². The maximum atomic E-state index is 12.9. The van der Waals surface area contributed by atoms with Crippen molar-refractivity contribution in [1.29, 1.82) is 0 Å². The first-order chi connectivity index (χ1) is 12.2. The van der Waals surface area contributed by atoms with Gasteiger partial charge in [0.15, 0.2) is 5.78 Å². The Labute approximate surface area is 152 Å². The number of hydrogen-bond donors (Lipinski definition) is 0. The molecule has 3 rings (SSSR count). The smallest absolute Gasteiger partial charge is 0.184 e. The van der Waals surface area contributed by atoms with E-state index >= 15 is 0 Å². The van der Waals surface area contributed by atoms with E-state index < -0.39 is 0 Å². The molecule has 2 heterocycles. The minimum absolute atomic E-state index is 0.136. The third-order valence-electron chi connectivity index (χ3n) is 4.74. The van der Waals surface area contributed by atoms with Gasteiger partial charge in [-0.3, -0.25) is 9.78 Å².